The third kappa shape index (κ3) is 3.84. The topological polar surface area (TPSA) is 45.7 Å². The minimum Gasteiger partial charge on any atom is -0.444 e. The van der Waals surface area contributed by atoms with Crippen LogP contribution >= 0.6 is 0 Å². The smallest absolute Gasteiger partial charge is 0.410 e. The molecule has 0 radical (unpaired) electrons. The van der Waals surface area contributed by atoms with E-state index in [1.54, 1.807) is 17.3 Å². The van der Waals surface area contributed by atoms with Gasteiger partial charge in [-0.2, -0.15) is 0 Å². The third-order valence-electron chi connectivity index (χ3n) is 2.96. The van der Waals surface area contributed by atoms with Crippen LogP contribution in [0.2, 0.25) is 0 Å². The number of aromatic nitrogens is 1. The Morgan fingerprint density at radius 3 is 2.26 bits per heavy atom. The van der Waals surface area contributed by atoms with Crippen molar-refractivity contribution in [2.24, 2.45) is 0 Å². The second kappa shape index (κ2) is 5.47. The van der Waals surface area contributed by atoms with E-state index >= 15 is 0 Å². The molecule has 1 aliphatic rings. The summed E-state index contributed by atoms with van der Waals surface area (Å²) in [6.07, 6.45) is 3.35. The standard InChI is InChI=1S/C14H21N3O2/c1-14(2,3)19-13(18)17-10-8-16(9-11-17)12-4-6-15-7-5-12/h4-7H,8-11H2,1-3H3. The molecule has 2 heterocycles. The summed E-state index contributed by atoms with van der Waals surface area (Å²) >= 11 is 0. The van der Waals surface area contributed by atoms with Gasteiger partial charge in [0, 0.05) is 44.3 Å². The molecule has 1 fully saturated rings. The fourth-order valence-corrected chi connectivity index (χ4v) is 2.03. The van der Waals surface area contributed by atoms with Gasteiger partial charge in [0.1, 0.15) is 5.60 Å². The first-order valence-electron chi connectivity index (χ1n) is 6.58. The van der Waals surface area contributed by atoms with E-state index in [9.17, 15) is 4.79 Å². The van der Waals surface area contributed by atoms with E-state index in [1.165, 1.54) is 0 Å². The summed E-state index contributed by atoms with van der Waals surface area (Å²) in [5, 5.41) is 0. The molecule has 0 unspecified atom stereocenters. The molecular formula is C14H21N3O2. The van der Waals surface area contributed by atoms with Crippen molar-refractivity contribution in [3.63, 3.8) is 0 Å². The summed E-state index contributed by atoms with van der Waals surface area (Å²) in [6, 6.07) is 3.98. The highest BCUT2D eigenvalue weighted by atomic mass is 16.6. The summed E-state index contributed by atoms with van der Waals surface area (Å²) < 4.78 is 5.38. The van der Waals surface area contributed by atoms with Gasteiger partial charge in [-0.15, -0.1) is 0 Å². The number of pyridine rings is 1. The SMILES string of the molecule is CC(C)(C)OC(=O)N1CCN(c2ccncc2)CC1. The molecule has 0 N–H and O–H groups in total. The summed E-state index contributed by atoms with van der Waals surface area (Å²) in [5.74, 6) is 0. The van der Waals surface area contributed by atoms with E-state index in [2.05, 4.69) is 9.88 Å². The number of carbonyl (C=O) groups excluding carboxylic acids is 1. The first-order chi connectivity index (χ1) is 8.96. The van der Waals surface area contributed by atoms with Crippen LogP contribution < -0.4 is 4.90 Å². The predicted octanol–water partition coefficient (Wildman–Crippen LogP) is 2.14. The van der Waals surface area contributed by atoms with E-state index in [-0.39, 0.29) is 6.09 Å². The van der Waals surface area contributed by atoms with Crippen LogP contribution in [0, 0.1) is 0 Å². The van der Waals surface area contributed by atoms with Crippen LogP contribution in [0.3, 0.4) is 0 Å². The number of anilines is 1. The van der Waals surface area contributed by atoms with Crippen molar-refractivity contribution in [3.8, 4) is 0 Å². The molecule has 19 heavy (non-hydrogen) atoms. The van der Waals surface area contributed by atoms with Crippen molar-refractivity contribution in [3.05, 3.63) is 24.5 Å². The van der Waals surface area contributed by atoms with Gasteiger partial charge in [-0.05, 0) is 32.9 Å². The van der Waals surface area contributed by atoms with E-state index in [4.69, 9.17) is 4.74 Å². The summed E-state index contributed by atoms with van der Waals surface area (Å²) in [6.45, 7) is 8.69. The van der Waals surface area contributed by atoms with Gasteiger partial charge < -0.3 is 14.5 Å². The van der Waals surface area contributed by atoms with Crippen molar-refractivity contribution >= 4 is 11.8 Å². The number of rotatable bonds is 1. The van der Waals surface area contributed by atoms with Gasteiger partial charge in [0.05, 0.1) is 0 Å². The molecule has 2 rings (SSSR count). The summed E-state index contributed by atoms with van der Waals surface area (Å²) in [5.41, 5.74) is 0.720. The number of hydrogen-bond donors (Lipinski definition) is 0. The van der Waals surface area contributed by atoms with Crippen LogP contribution in [-0.4, -0.2) is 47.8 Å². The van der Waals surface area contributed by atoms with Gasteiger partial charge in [-0.1, -0.05) is 0 Å². The fraction of sp³-hybridized carbons (Fsp3) is 0.571. The van der Waals surface area contributed by atoms with Crippen molar-refractivity contribution in [1.82, 2.24) is 9.88 Å². The second-order valence-electron chi connectivity index (χ2n) is 5.66. The molecule has 0 saturated carbocycles. The van der Waals surface area contributed by atoms with Crippen LogP contribution in [0.4, 0.5) is 10.5 Å². The zero-order valence-electron chi connectivity index (χ0n) is 11.8. The Bertz CT molecular complexity index is 420. The fourth-order valence-electron chi connectivity index (χ4n) is 2.03. The zero-order chi connectivity index (χ0) is 13.9. The van der Waals surface area contributed by atoms with Gasteiger partial charge in [-0.25, -0.2) is 4.79 Å². The molecule has 0 bridgehead atoms. The quantitative estimate of drug-likeness (QED) is 0.778. The third-order valence-corrected chi connectivity index (χ3v) is 2.96. The number of carbonyl (C=O) groups is 1. The van der Waals surface area contributed by atoms with Crippen LogP contribution in [-0.2, 0) is 4.74 Å². The molecule has 1 aliphatic heterocycles. The second-order valence-corrected chi connectivity index (χ2v) is 5.66. The van der Waals surface area contributed by atoms with E-state index in [0.29, 0.717) is 13.1 Å². The van der Waals surface area contributed by atoms with Gasteiger partial charge in [0.15, 0.2) is 0 Å². The monoisotopic (exact) mass is 263 g/mol. The van der Waals surface area contributed by atoms with Crippen LogP contribution in [0.1, 0.15) is 20.8 Å². The molecule has 5 heteroatoms. The number of piperazine rings is 1. The van der Waals surface area contributed by atoms with Crippen molar-refractivity contribution in [1.29, 1.82) is 0 Å². The van der Waals surface area contributed by atoms with Gasteiger partial charge in [0.2, 0.25) is 0 Å². The average Bonchev–Trinajstić information content (AvgIpc) is 2.38. The van der Waals surface area contributed by atoms with Crippen molar-refractivity contribution in [2.75, 3.05) is 31.1 Å². The molecule has 0 aromatic carbocycles. The Labute approximate surface area is 114 Å². The molecule has 104 valence electrons. The molecule has 1 saturated heterocycles. The average molecular weight is 263 g/mol. The summed E-state index contributed by atoms with van der Waals surface area (Å²) in [4.78, 5) is 20.0. The first kappa shape index (κ1) is 13.6. The molecule has 0 aliphatic carbocycles. The lowest BCUT2D eigenvalue weighted by molar-refractivity contribution is 0.0240. The molecule has 5 nitrogen and oxygen atoms in total. The number of ether oxygens (including phenoxy) is 1. The van der Waals surface area contributed by atoms with Crippen molar-refractivity contribution in [2.45, 2.75) is 26.4 Å². The maximum atomic E-state index is 11.9. The van der Waals surface area contributed by atoms with E-state index in [0.717, 1.165) is 18.8 Å². The summed E-state index contributed by atoms with van der Waals surface area (Å²) in [7, 11) is 0. The van der Waals surface area contributed by atoms with Crippen LogP contribution in [0.15, 0.2) is 24.5 Å². The number of hydrogen-bond acceptors (Lipinski definition) is 4. The lowest BCUT2D eigenvalue weighted by Gasteiger charge is -2.36. The van der Waals surface area contributed by atoms with E-state index < -0.39 is 5.60 Å². The highest BCUT2D eigenvalue weighted by Gasteiger charge is 2.25. The molecule has 1 aromatic heterocycles. The van der Waals surface area contributed by atoms with E-state index in [1.807, 2.05) is 32.9 Å². The largest absolute Gasteiger partial charge is 0.444 e. The molecule has 0 spiro atoms. The Kier molecular flexibility index (Phi) is 3.93. The van der Waals surface area contributed by atoms with Crippen molar-refractivity contribution < 1.29 is 9.53 Å². The van der Waals surface area contributed by atoms with Gasteiger partial charge in [0.25, 0.3) is 0 Å². The molecular weight excluding hydrogens is 242 g/mol. The Balaban J connectivity index is 1.88. The highest BCUT2D eigenvalue weighted by Crippen LogP contribution is 2.16. The molecule has 0 atom stereocenters. The highest BCUT2D eigenvalue weighted by molar-refractivity contribution is 5.68. The molecule has 1 aromatic rings. The maximum absolute atomic E-state index is 11.9. The number of amides is 1. The lowest BCUT2D eigenvalue weighted by atomic mass is 10.2. The normalized spacial score (nSPS) is 16.4. The Morgan fingerprint density at radius 1 is 1.16 bits per heavy atom. The Morgan fingerprint density at radius 2 is 1.74 bits per heavy atom. The first-order valence-corrected chi connectivity index (χ1v) is 6.58. The lowest BCUT2D eigenvalue weighted by Crippen LogP contribution is -2.50. The predicted molar refractivity (Wildman–Crippen MR) is 74.3 cm³/mol. The minimum absolute atomic E-state index is 0.220. The maximum Gasteiger partial charge on any atom is 0.410 e. The number of nitrogens with zero attached hydrogens (tertiary/aromatic N) is 3. The zero-order valence-corrected chi connectivity index (χ0v) is 11.8. The van der Waals surface area contributed by atoms with Gasteiger partial charge >= 0.3 is 6.09 Å². The van der Waals surface area contributed by atoms with Crippen LogP contribution in [0.5, 0.6) is 0 Å². The van der Waals surface area contributed by atoms with Crippen LogP contribution in [0.25, 0.3) is 0 Å². The molecule has 1 amide bonds. The Hall–Kier alpha value is -1.78. The van der Waals surface area contributed by atoms with Gasteiger partial charge in [-0.3, -0.25) is 4.98 Å². The minimum atomic E-state index is -0.431.